The lowest BCUT2D eigenvalue weighted by atomic mass is 10.1. The first-order valence-electron chi connectivity index (χ1n) is 8.38. The van der Waals surface area contributed by atoms with Crippen LogP contribution in [0.15, 0.2) is 30.3 Å². The third kappa shape index (κ3) is 8.86. The first-order chi connectivity index (χ1) is 11.1. The average Bonchev–Trinajstić information content (AvgIpc) is 2.55. The lowest BCUT2D eigenvalue weighted by Crippen LogP contribution is -2.45. The lowest BCUT2D eigenvalue weighted by molar-refractivity contribution is -0.122. The molecule has 2 amide bonds. The Kier molecular flexibility index (Phi) is 9.52. The molecule has 1 aromatic carbocycles. The van der Waals surface area contributed by atoms with E-state index in [0.717, 1.165) is 32.1 Å². The first-order valence-corrected chi connectivity index (χ1v) is 8.38. The quantitative estimate of drug-likeness (QED) is 0.651. The van der Waals surface area contributed by atoms with Crippen molar-refractivity contribution in [1.29, 1.82) is 0 Å². The maximum Gasteiger partial charge on any atom is 0.407 e. The monoisotopic (exact) mass is 320 g/mol. The van der Waals surface area contributed by atoms with Gasteiger partial charge in [-0.3, -0.25) is 4.79 Å². The molecule has 5 nitrogen and oxygen atoms in total. The molecule has 1 rings (SSSR count). The van der Waals surface area contributed by atoms with Crippen molar-refractivity contribution >= 4 is 12.0 Å². The minimum Gasteiger partial charge on any atom is -0.450 e. The number of carbonyl (C=O) groups is 2. The molecule has 0 aromatic heterocycles. The molecule has 128 valence electrons. The minimum atomic E-state index is -0.603. The number of alkyl carbamates (subject to hydrolysis) is 1. The molecule has 0 aliphatic heterocycles. The molecule has 0 radical (unpaired) electrons. The Morgan fingerprint density at radius 1 is 1.13 bits per heavy atom. The van der Waals surface area contributed by atoms with Crippen LogP contribution in [0.3, 0.4) is 0 Å². The molecule has 0 fully saturated rings. The molecule has 0 bridgehead atoms. The second kappa shape index (κ2) is 11.5. The van der Waals surface area contributed by atoms with Crippen molar-refractivity contribution in [1.82, 2.24) is 10.6 Å². The molecule has 1 aromatic rings. The van der Waals surface area contributed by atoms with E-state index in [0.29, 0.717) is 13.2 Å². The van der Waals surface area contributed by atoms with E-state index in [-0.39, 0.29) is 5.91 Å². The van der Waals surface area contributed by atoms with Crippen LogP contribution in [-0.4, -0.2) is 31.2 Å². The second-order valence-electron chi connectivity index (χ2n) is 5.59. The number of amides is 2. The van der Waals surface area contributed by atoms with Gasteiger partial charge in [-0.2, -0.15) is 0 Å². The van der Waals surface area contributed by atoms with Gasteiger partial charge in [-0.15, -0.1) is 0 Å². The van der Waals surface area contributed by atoms with Gasteiger partial charge in [0.2, 0.25) is 5.91 Å². The van der Waals surface area contributed by atoms with E-state index in [1.165, 1.54) is 5.56 Å². The van der Waals surface area contributed by atoms with Crippen molar-refractivity contribution < 1.29 is 14.3 Å². The van der Waals surface area contributed by atoms with Gasteiger partial charge in [0.15, 0.2) is 0 Å². The molecule has 2 N–H and O–H groups in total. The summed E-state index contributed by atoms with van der Waals surface area (Å²) in [4.78, 5) is 23.5. The zero-order valence-corrected chi connectivity index (χ0v) is 14.1. The van der Waals surface area contributed by atoms with Gasteiger partial charge >= 0.3 is 6.09 Å². The van der Waals surface area contributed by atoms with Crippen LogP contribution >= 0.6 is 0 Å². The molecular formula is C18H28N2O3. The number of unbranched alkanes of at least 4 members (excludes halogenated alkanes) is 3. The van der Waals surface area contributed by atoms with Crippen LogP contribution in [0.25, 0.3) is 0 Å². The highest BCUT2D eigenvalue weighted by molar-refractivity contribution is 5.85. The summed E-state index contributed by atoms with van der Waals surface area (Å²) in [7, 11) is 0. The van der Waals surface area contributed by atoms with Gasteiger partial charge in [0.1, 0.15) is 6.04 Å². The molecule has 0 unspecified atom stereocenters. The number of benzene rings is 1. The molecule has 0 saturated heterocycles. The maximum absolute atomic E-state index is 11.9. The molecule has 0 aliphatic rings. The van der Waals surface area contributed by atoms with E-state index >= 15 is 0 Å². The Bertz CT molecular complexity index is 463. The smallest absolute Gasteiger partial charge is 0.407 e. The highest BCUT2D eigenvalue weighted by Gasteiger charge is 2.15. The van der Waals surface area contributed by atoms with Crippen molar-refractivity contribution in [2.24, 2.45) is 0 Å². The normalized spacial score (nSPS) is 11.6. The summed E-state index contributed by atoms with van der Waals surface area (Å²) in [6.45, 7) is 4.72. The summed E-state index contributed by atoms with van der Waals surface area (Å²) in [5.74, 6) is -0.205. The fraction of sp³-hybridized carbons (Fsp3) is 0.556. The summed E-state index contributed by atoms with van der Waals surface area (Å²) in [5, 5.41) is 5.36. The molecule has 5 heteroatoms. The third-order valence-electron chi connectivity index (χ3n) is 3.51. The highest BCUT2D eigenvalue weighted by Crippen LogP contribution is 2.00. The van der Waals surface area contributed by atoms with E-state index < -0.39 is 12.1 Å². The van der Waals surface area contributed by atoms with Crippen molar-refractivity contribution in [3.8, 4) is 0 Å². The summed E-state index contributed by atoms with van der Waals surface area (Å²) in [6, 6.07) is 9.33. The van der Waals surface area contributed by atoms with E-state index in [9.17, 15) is 9.59 Å². The fourth-order valence-corrected chi connectivity index (χ4v) is 2.11. The van der Waals surface area contributed by atoms with Crippen molar-refractivity contribution in [3.63, 3.8) is 0 Å². The molecule has 1 atom stereocenters. The SMILES string of the molecule is CCCCCCOC(=O)N[C@@H](C)C(=O)NCCc1ccccc1. The Morgan fingerprint density at radius 2 is 1.87 bits per heavy atom. The molecular weight excluding hydrogens is 292 g/mol. The van der Waals surface area contributed by atoms with Gasteiger partial charge < -0.3 is 15.4 Å². The van der Waals surface area contributed by atoms with E-state index in [1.807, 2.05) is 30.3 Å². The largest absolute Gasteiger partial charge is 0.450 e. The topological polar surface area (TPSA) is 67.4 Å². The van der Waals surface area contributed by atoms with Crippen LogP contribution in [0, 0.1) is 0 Å². The lowest BCUT2D eigenvalue weighted by Gasteiger charge is -2.14. The Hall–Kier alpha value is -2.04. The Labute approximate surface area is 138 Å². The number of hydrogen-bond donors (Lipinski definition) is 2. The van der Waals surface area contributed by atoms with Gasteiger partial charge in [0.25, 0.3) is 0 Å². The predicted molar refractivity (Wildman–Crippen MR) is 91.2 cm³/mol. The van der Waals surface area contributed by atoms with Crippen molar-refractivity contribution in [3.05, 3.63) is 35.9 Å². The van der Waals surface area contributed by atoms with Crippen LogP contribution in [0.5, 0.6) is 0 Å². The Morgan fingerprint density at radius 3 is 2.57 bits per heavy atom. The second-order valence-corrected chi connectivity index (χ2v) is 5.59. The third-order valence-corrected chi connectivity index (χ3v) is 3.51. The van der Waals surface area contributed by atoms with Crippen molar-refractivity contribution in [2.45, 2.75) is 52.0 Å². The van der Waals surface area contributed by atoms with Gasteiger partial charge in [-0.25, -0.2) is 4.79 Å². The van der Waals surface area contributed by atoms with E-state index in [2.05, 4.69) is 17.6 Å². The number of hydrogen-bond acceptors (Lipinski definition) is 3. The minimum absolute atomic E-state index is 0.205. The van der Waals surface area contributed by atoms with Crippen LogP contribution < -0.4 is 10.6 Å². The zero-order chi connectivity index (χ0) is 16.9. The molecule has 0 saturated carbocycles. The number of carbonyl (C=O) groups excluding carboxylic acids is 2. The zero-order valence-electron chi connectivity index (χ0n) is 14.1. The first kappa shape index (κ1) is 19.0. The maximum atomic E-state index is 11.9. The van der Waals surface area contributed by atoms with Gasteiger partial charge in [0, 0.05) is 6.54 Å². The van der Waals surface area contributed by atoms with Crippen LogP contribution in [0.4, 0.5) is 4.79 Å². The van der Waals surface area contributed by atoms with E-state index in [4.69, 9.17) is 4.74 Å². The molecule has 0 spiro atoms. The molecule has 0 heterocycles. The van der Waals surface area contributed by atoms with Crippen LogP contribution in [0.1, 0.15) is 45.1 Å². The van der Waals surface area contributed by atoms with Crippen molar-refractivity contribution in [2.75, 3.05) is 13.2 Å². The predicted octanol–water partition coefficient (Wildman–Crippen LogP) is 3.04. The number of rotatable bonds is 10. The van der Waals surface area contributed by atoms with Gasteiger partial charge in [-0.1, -0.05) is 56.5 Å². The highest BCUT2D eigenvalue weighted by atomic mass is 16.5. The number of nitrogens with one attached hydrogen (secondary N) is 2. The van der Waals surface area contributed by atoms with Crippen LogP contribution in [0.2, 0.25) is 0 Å². The number of ether oxygens (including phenoxy) is 1. The summed E-state index contributed by atoms with van der Waals surface area (Å²) < 4.78 is 5.05. The molecule has 23 heavy (non-hydrogen) atoms. The standard InChI is InChI=1S/C18H28N2O3/c1-3-4-5-9-14-23-18(22)20-15(2)17(21)19-13-12-16-10-7-6-8-11-16/h6-8,10-11,15H,3-5,9,12-14H2,1-2H3,(H,19,21)(H,20,22)/t15-/m0/s1. The fourth-order valence-electron chi connectivity index (χ4n) is 2.11. The van der Waals surface area contributed by atoms with E-state index in [1.54, 1.807) is 6.92 Å². The summed E-state index contributed by atoms with van der Waals surface area (Å²) in [5.41, 5.74) is 1.17. The van der Waals surface area contributed by atoms with Gasteiger partial charge in [-0.05, 0) is 25.3 Å². The molecule has 0 aliphatic carbocycles. The van der Waals surface area contributed by atoms with Crippen LogP contribution in [-0.2, 0) is 16.0 Å². The summed E-state index contributed by atoms with van der Waals surface area (Å²) >= 11 is 0. The van der Waals surface area contributed by atoms with Gasteiger partial charge in [0.05, 0.1) is 6.61 Å². The Balaban J connectivity index is 2.14. The summed E-state index contributed by atoms with van der Waals surface area (Å²) in [6.07, 6.45) is 4.43. The average molecular weight is 320 g/mol.